The van der Waals surface area contributed by atoms with Gasteiger partial charge in [0.05, 0.1) is 29.5 Å². The van der Waals surface area contributed by atoms with Crippen LogP contribution in [0, 0.1) is 62.1 Å². The van der Waals surface area contributed by atoms with Gasteiger partial charge in [0.25, 0.3) is 0 Å². The van der Waals surface area contributed by atoms with E-state index in [0.717, 1.165) is 75.3 Å². The molecule has 5 aliphatic carbocycles. The lowest BCUT2D eigenvalue weighted by molar-refractivity contribution is -0.249. The number of hydrogen-bond acceptors (Lipinski definition) is 6. The summed E-state index contributed by atoms with van der Waals surface area (Å²) in [6.45, 7) is 22.5. The zero-order valence-electron chi connectivity index (χ0n) is 34.0. The van der Waals surface area contributed by atoms with Crippen molar-refractivity contribution in [3.8, 4) is 5.75 Å². The molecule has 5 unspecified atom stereocenters. The number of benzene rings is 1. The molecule has 8 heteroatoms. The topological polar surface area (TPSA) is 126 Å². The number of hydrogen-bond donors (Lipinski definition) is 3. The molecule has 5 aliphatic rings. The number of ether oxygens (including phenoxy) is 1. The van der Waals surface area contributed by atoms with Crippen LogP contribution in [0.5, 0.6) is 5.75 Å². The van der Waals surface area contributed by atoms with Gasteiger partial charge in [-0.2, -0.15) is 0 Å². The van der Waals surface area contributed by atoms with E-state index in [-0.39, 0.29) is 51.8 Å². The monoisotopic (exact) mass is 740 g/mol. The molecule has 5 saturated carbocycles. The summed E-state index contributed by atoms with van der Waals surface area (Å²) in [5.74, 6) is 0.788. The first-order valence-electron chi connectivity index (χ1n) is 20.7. The number of carbonyl (C=O) groups is 3. The van der Waals surface area contributed by atoms with Crippen LogP contribution >= 0.6 is 0 Å². The summed E-state index contributed by atoms with van der Waals surface area (Å²) in [5.41, 5.74) is 0.945. The lowest BCUT2D eigenvalue weighted by Crippen LogP contribution is -2.67. The van der Waals surface area contributed by atoms with Crippen LogP contribution in [0.3, 0.4) is 0 Å². The Morgan fingerprint density at radius 2 is 1.65 bits per heavy atom. The van der Waals surface area contributed by atoms with Gasteiger partial charge in [0.15, 0.2) is 0 Å². The quantitative estimate of drug-likeness (QED) is 0.182. The molecule has 1 amide bonds. The summed E-state index contributed by atoms with van der Waals surface area (Å²) in [4.78, 5) is 44.2. The maximum absolute atomic E-state index is 14.7. The zero-order valence-corrected chi connectivity index (χ0v) is 34.0. The summed E-state index contributed by atoms with van der Waals surface area (Å²) in [6.07, 6.45) is 9.65. The molecule has 1 heterocycles. The van der Waals surface area contributed by atoms with Gasteiger partial charge in [0.1, 0.15) is 17.4 Å². The van der Waals surface area contributed by atoms with Crippen molar-refractivity contribution in [2.24, 2.45) is 62.1 Å². The van der Waals surface area contributed by atoms with Gasteiger partial charge in [-0.05, 0) is 143 Å². The van der Waals surface area contributed by atoms with Crippen LogP contribution in [0.2, 0.25) is 0 Å². The van der Waals surface area contributed by atoms with Crippen LogP contribution in [0.1, 0.15) is 132 Å². The number of phenolic OH excluding ortho intramolecular Hbond substituents is 1. The van der Waals surface area contributed by atoms with Crippen molar-refractivity contribution in [2.45, 2.75) is 139 Å². The Morgan fingerprint density at radius 1 is 0.907 bits per heavy atom. The normalized spacial score (nSPS) is 38.3. The number of phenols is 1. The van der Waals surface area contributed by atoms with Crippen molar-refractivity contribution in [1.29, 1.82) is 0 Å². The number of carboxylic acids is 1. The third-order valence-electron chi connectivity index (χ3n) is 17.1. The Labute approximate surface area is 322 Å². The second kappa shape index (κ2) is 13.1. The molecule has 5 fully saturated rings. The number of esters is 1. The number of fused-ring (bicyclic) bond motifs is 8. The molecule has 8 nitrogen and oxygen atoms in total. The Bertz CT molecular complexity index is 1870. The Balaban J connectivity index is 1.13. The van der Waals surface area contributed by atoms with Crippen molar-refractivity contribution in [3.63, 3.8) is 0 Å². The molecule has 0 radical (unpaired) electrons. The SMILES string of the molecule is C=C(C)[C@@H]1CC[C@]2(C(=O)NCc3ccc4cccc(O)c4n3)CC[C@]3(C)C(CCC4[C@@]5(C)CCC(OC(=O)CC(C)(C)C(=O)O)C(C)(C)C5CC[C@]43C)C12. The van der Waals surface area contributed by atoms with Gasteiger partial charge >= 0.3 is 11.9 Å². The van der Waals surface area contributed by atoms with Gasteiger partial charge < -0.3 is 20.3 Å². The van der Waals surface area contributed by atoms with Crippen molar-refractivity contribution in [1.82, 2.24) is 10.3 Å². The fourth-order valence-corrected chi connectivity index (χ4v) is 14.0. The van der Waals surface area contributed by atoms with E-state index in [0.29, 0.717) is 35.7 Å². The average Bonchev–Trinajstić information content (AvgIpc) is 3.50. The number of para-hydroxylation sites is 1. The maximum Gasteiger partial charge on any atom is 0.309 e. The minimum Gasteiger partial charge on any atom is -0.506 e. The number of allylic oxidation sites excluding steroid dienone is 1. The van der Waals surface area contributed by atoms with Crippen LogP contribution in [-0.4, -0.2) is 39.1 Å². The predicted molar refractivity (Wildman–Crippen MR) is 210 cm³/mol. The fraction of sp³-hybridized carbons (Fsp3) is 0.696. The minimum atomic E-state index is -1.16. The number of aliphatic carboxylic acids is 1. The molecular formula is C46H64N2O6. The number of nitrogens with one attached hydrogen (secondary N) is 1. The molecule has 2 aromatic rings. The van der Waals surface area contributed by atoms with E-state index in [9.17, 15) is 24.6 Å². The van der Waals surface area contributed by atoms with Crippen LogP contribution < -0.4 is 5.32 Å². The first-order valence-corrected chi connectivity index (χ1v) is 20.7. The van der Waals surface area contributed by atoms with Crippen LogP contribution in [0.4, 0.5) is 0 Å². The van der Waals surface area contributed by atoms with Gasteiger partial charge in [0.2, 0.25) is 5.91 Å². The highest BCUT2D eigenvalue weighted by Gasteiger charge is 2.72. The molecule has 0 spiro atoms. The molecular weight excluding hydrogens is 677 g/mol. The summed E-state index contributed by atoms with van der Waals surface area (Å²) < 4.78 is 6.18. The Kier molecular flexibility index (Phi) is 9.41. The lowest BCUT2D eigenvalue weighted by Gasteiger charge is -2.72. The van der Waals surface area contributed by atoms with E-state index in [4.69, 9.17) is 9.72 Å². The van der Waals surface area contributed by atoms with E-state index >= 15 is 0 Å². The molecule has 54 heavy (non-hydrogen) atoms. The summed E-state index contributed by atoms with van der Waals surface area (Å²) in [7, 11) is 0. The number of amides is 1. The summed E-state index contributed by atoms with van der Waals surface area (Å²) in [5, 5.41) is 24.3. The fourth-order valence-electron chi connectivity index (χ4n) is 14.0. The van der Waals surface area contributed by atoms with Gasteiger partial charge in [-0.3, -0.25) is 14.4 Å². The van der Waals surface area contributed by atoms with E-state index in [1.165, 1.54) is 5.57 Å². The predicted octanol–water partition coefficient (Wildman–Crippen LogP) is 9.63. The van der Waals surface area contributed by atoms with Crippen molar-refractivity contribution < 1.29 is 29.3 Å². The molecule has 0 saturated heterocycles. The number of pyridine rings is 1. The lowest BCUT2D eigenvalue weighted by atomic mass is 9.32. The zero-order chi connectivity index (χ0) is 39.2. The number of aromatic hydroxyl groups is 1. The average molecular weight is 741 g/mol. The minimum absolute atomic E-state index is 0.0731. The number of nitrogens with zero attached hydrogens (tertiary/aromatic N) is 1. The largest absolute Gasteiger partial charge is 0.506 e. The number of carbonyl (C=O) groups excluding carboxylic acids is 2. The molecule has 0 bridgehead atoms. The molecule has 1 aromatic heterocycles. The molecule has 3 N–H and O–H groups in total. The Morgan fingerprint density at radius 3 is 2.35 bits per heavy atom. The maximum atomic E-state index is 14.7. The molecule has 294 valence electrons. The van der Waals surface area contributed by atoms with Crippen LogP contribution in [0.25, 0.3) is 10.9 Å². The van der Waals surface area contributed by atoms with Crippen molar-refractivity contribution >= 4 is 28.7 Å². The highest BCUT2D eigenvalue weighted by molar-refractivity contribution is 5.85. The van der Waals surface area contributed by atoms with E-state index in [1.54, 1.807) is 19.9 Å². The summed E-state index contributed by atoms with van der Waals surface area (Å²) in [6, 6.07) is 9.30. The number of carboxylic acid groups (broad SMARTS) is 1. The standard InChI is InChI=1S/C46H64N2O6/c1-27(2)30-17-22-46(39(51)47-26-29-14-13-28-11-10-12-32(49)38(28)48-29)24-23-44(8)31(37(30)46)15-16-34-43(7)20-19-35(54-36(50)25-41(3,4)40(52)53)42(5,6)33(43)18-21-45(34,44)9/h10-14,30-31,33-35,37,49H,1,15-26H2,2-9H3,(H,47,51)(H,52,53)/t30-,31?,33?,34?,35?,37?,43-,44+,45+,46-/m0/s1. The molecule has 10 atom stereocenters. The first kappa shape index (κ1) is 38.8. The van der Waals surface area contributed by atoms with Gasteiger partial charge in [-0.1, -0.05) is 65.0 Å². The third kappa shape index (κ3) is 5.73. The highest BCUT2D eigenvalue weighted by atomic mass is 16.5. The van der Waals surface area contributed by atoms with E-state index in [2.05, 4.69) is 53.4 Å². The molecule has 1 aromatic carbocycles. The third-order valence-corrected chi connectivity index (χ3v) is 17.1. The van der Waals surface area contributed by atoms with Crippen molar-refractivity contribution in [2.75, 3.05) is 0 Å². The van der Waals surface area contributed by atoms with Gasteiger partial charge in [-0.15, -0.1) is 0 Å². The Hall–Kier alpha value is -3.42. The molecule has 0 aliphatic heterocycles. The number of rotatable bonds is 8. The summed E-state index contributed by atoms with van der Waals surface area (Å²) >= 11 is 0. The van der Waals surface area contributed by atoms with E-state index in [1.807, 2.05) is 24.3 Å². The molecule has 7 rings (SSSR count). The smallest absolute Gasteiger partial charge is 0.309 e. The second-order valence-corrected chi connectivity index (χ2v) is 20.4. The van der Waals surface area contributed by atoms with Gasteiger partial charge in [-0.25, -0.2) is 4.98 Å². The second-order valence-electron chi connectivity index (χ2n) is 20.4. The van der Waals surface area contributed by atoms with E-state index < -0.39 is 22.8 Å². The van der Waals surface area contributed by atoms with Gasteiger partial charge in [0, 0.05) is 10.8 Å². The van der Waals surface area contributed by atoms with Crippen LogP contribution in [-0.2, 0) is 25.7 Å². The number of aromatic nitrogens is 1. The first-order chi connectivity index (χ1) is 25.2. The van der Waals surface area contributed by atoms with Crippen LogP contribution in [0.15, 0.2) is 42.5 Å². The van der Waals surface area contributed by atoms with Crippen molar-refractivity contribution in [3.05, 3.63) is 48.2 Å². The highest BCUT2D eigenvalue weighted by Crippen LogP contribution is 2.77.